The summed E-state index contributed by atoms with van der Waals surface area (Å²) in [6, 6.07) is 1.85. The van der Waals surface area contributed by atoms with Gasteiger partial charge >= 0.3 is 0 Å². The molecule has 1 aliphatic rings. The molecule has 0 aromatic carbocycles. The molecule has 1 unspecified atom stereocenters. The molecule has 0 aromatic rings. The maximum Gasteiger partial charge on any atom is 0.228 e. The van der Waals surface area contributed by atoms with E-state index in [0.29, 0.717) is 6.42 Å². The van der Waals surface area contributed by atoms with Gasteiger partial charge in [0.1, 0.15) is 0 Å². The van der Waals surface area contributed by atoms with Gasteiger partial charge in [-0.3, -0.25) is 0 Å². The van der Waals surface area contributed by atoms with E-state index < -0.39 is 15.3 Å². The zero-order valence-electron chi connectivity index (χ0n) is 8.77. The predicted octanol–water partition coefficient (Wildman–Crippen LogP) is 1.10. The Labute approximate surface area is 95.5 Å². The second-order valence-corrected chi connectivity index (χ2v) is 6.69. The molecule has 0 saturated carbocycles. The van der Waals surface area contributed by atoms with E-state index in [4.69, 9.17) is 5.26 Å². The summed E-state index contributed by atoms with van der Waals surface area (Å²) >= 11 is 1.84. The number of nitrogens with zero attached hydrogens (tertiary/aromatic N) is 1. The highest BCUT2D eigenvalue weighted by Gasteiger charge is 2.27. The summed E-state index contributed by atoms with van der Waals surface area (Å²) in [7, 11) is -3.44. The second-order valence-electron chi connectivity index (χ2n) is 3.58. The van der Waals surface area contributed by atoms with Crippen LogP contribution >= 0.6 is 11.8 Å². The third-order valence-corrected chi connectivity index (χ3v) is 5.34. The van der Waals surface area contributed by atoms with Crippen LogP contribution in [-0.4, -0.2) is 31.2 Å². The van der Waals surface area contributed by atoms with Gasteiger partial charge in [0, 0.05) is 6.04 Å². The molecule has 0 radical (unpaired) electrons. The van der Waals surface area contributed by atoms with Crippen LogP contribution < -0.4 is 4.72 Å². The van der Waals surface area contributed by atoms with Crippen LogP contribution in [0.1, 0.15) is 26.2 Å². The van der Waals surface area contributed by atoms with Crippen LogP contribution in [-0.2, 0) is 10.0 Å². The Morgan fingerprint density at radius 1 is 1.53 bits per heavy atom. The molecule has 1 rings (SSSR count). The lowest BCUT2D eigenvalue weighted by molar-refractivity contribution is 0.523. The van der Waals surface area contributed by atoms with E-state index in [1.54, 1.807) is 6.92 Å². The van der Waals surface area contributed by atoms with E-state index in [-0.39, 0.29) is 6.04 Å². The number of nitriles is 1. The number of nitrogens with one attached hydrogen (secondary N) is 1. The fourth-order valence-corrected chi connectivity index (χ4v) is 4.06. The molecule has 1 heterocycles. The predicted molar refractivity (Wildman–Crippen MR) is 62.1 cm³/mol. The second kappa shape index (κ2) is 5.73. The molecule has 1 saturated heterocycles. The van der Waals surface area contributed by atoms with Crippen molar-refractivity contribution in [2.45, 2.75) is 37.5 Å². The van der Waals surface area contributed by atoms with Gasteiger partial charge in [0.25, 0.3) is 0 Å². The maximum absolute atomic E-state index is 11.7. The van der Waals surface area contributed by atoms with Gasteiger partial charge in [-0.05, 0) is 30.8 Å². The first kappa shape index (κ1) is 12.8. The standard InChI is InChI=1S/C9H16N2O2S2/c1-2-9(7-10)15(12,13)11-8-3-5-14-6-4-8/h8-9,11H,2-6H2,1H3. The lowest BCUT2D eigenvalue weighted by atomic mass is 10.2. The van der Waals surface area contributed by atoms with Crippen molar-refractivity contribution in [3.8, 4) is 6.07 Å². The molecule has 1 N–H and O–H groups in total. The number of hydrogen-bond acceptors (Lipinski definition) is 4. The van der Waals surface area contributed by atoms with E-state index in [1.165, 1.54) is 0 Å². The molecule has 6 heteroatoms. The van der Waals surface area contributed by atoms with Crippen LogP contribution in [0.5, 0.6) is 0 Å². The molecule has 15 heavy (non-hydrogen) atoms. The Morgan fingerprint density at radius 2 is 2.13 bits per heavy atom. The summed E-state index contributed by atoms with van der Waals surface area (Å²) in [6.07, 6.45) is 2.07. The maximum atomic E-state index is 11.7. The average molecular weight is 248 g/mol. The molecule has 0 amide bonds. The summed E-state index contributed by atoms with van der Waals surface area (Å²) in [5.41, 5.74) is 0. The van der Waals surface area contributed by atoms with Gasteiger partial charge < -0.3 is 0 Å². The van der Waals surface area contributed by atoms with Gasteiger partial charge in [-0.2, -0.15) is 17.0 Å². The van der Waals surface area contributed by atoms with Crippen molar-refractivity contribution < 1.29 is 8.42 Å². The van der Waals surface area contributed by atoms with E-state index in [2.05, 4.69) is 4.72 Å². The topological polar surface area (TPSA) is 70.0 Å². The molecule has 0 spiro atoms. The lowest BCUT2D eigenvalue weighted by Gasteiger charge is -2.23. The van der Waals surface area contributed by atoms with E-state index >= 15 is 0 Å². The molecule has 0 aliphatic carbocycles. The minimum Gasteiger partial charge on any atom is -0.211 e. The highest BCUT2D eigenvalue weighted by molar-refractivity contribution is 7.99. The van der Waals surface area contributed by atoms with Gasteiger partial charge in [0.15, 0.2) is 5.25 Å². The average Bonchev–Trinajstić information content (AvgIpc) is 2.19. The monoisotopic (exact) mass is 248 g/mol. The highest BCUT2D eigenvalue weighted by Crippen LogP contribution is 2.18. The third kappa shape index (κ3) is 3.67. The summed E-state index contributed by atoms with van der Waals surface area (Å²) in [6.45, 7) is 1.71. The summed E-state index contributed by atoms with van der Waals surface area (Å²) in [5, 5.41) is 7.81. The van der Waals surface area contributed by atoms with Crippen molar-refractivity contribution in [3.05, 3.63) is 0 Å². The van der Waals surface area contributed by atoms with Gasteiger partial charge in [0.05, 0.1) is 6.07 Å². The smallest absolute Gasteiger partial charge is 0.211 e. The minimum atomic E-state index is -3.44. The zero-order valence-corrected chi connectivity index (χ0v) is 10.4. The largest absolute Gasteiger partial charge is 0.228 e. The molecule has 0 bridgehead atoms. The van der Waals surface area contributed by atoms with Crippen LogP contribution in [0.15, 0.2) is 0 Å². The van der Waals surface area contributed by atoms with Crippen molar-refractivity contribution >= 4 is 21.8 Å². The fourth-order valence-electron chi connectivity index (χ4n) is 1.51. The SMILES string of the molecule is CCC(C#N)S(=O)(=O)NC1CCSCC1. The van der Waals surface area contributed by atoms with Gasteiger partial charge in [-0.25, -0.2) is 13.1 Å². The molecule has 4 nitrogen and oxygen atoms in total. The number of sulfonamides is 1. The van der Waals surface area contributed by atoms with Crippen molar-refractivity contribution in [1.82, 2.24) is 4.72 Å². The third-order valence-electron chi connectivity index (χ3n) is 2.44. The molecule has 1 fully saturated rings. The lowest BCUT2D eigenvalue weighted by Crippen LogP contribution is -2.42. The molecule has 0 aromatic heterocycles. The van der Waals surface area contributed by atoms with Crippen LogP contribution in [0.3, 0.4) is 0 Å². The number of rotatable bonds is 4. The van der Waals surface area contributed by atoms with Crippen molar-refractivity contribution in [2.24, 2.45) is 0 Å². The molecular weight excluding hydrogens is 232 g/mol. The van der Waals surface area contributed by atoms with Crippen LogP contribution in [0.4, 0.5) is 0 Å². The Bertz CT molecular complexity index is 329. The molecule has 1 atom stereocenters. The zero-order chi connectivity index (χ0) is 11.3. The first-order valence-corrected chi connectivity index (χ1v) is 7.78. The molecule has 86 valence electrons. The van der Waals surface area contributed by atoms with Crippen LogP contribution in [0.25, 0.3) is 0 Å². The van der Waals surface area contributed by atoms with Gasteiger partial charge in [0.2, 0.25) is 10.0 Å². The van der Waals surface area contributed by atoms with E-state index in [9.17, 15) is 8.42 Å². The highest BCUT2D eigenvalue weighted by atomic mass is 32.2. The van der Waals surface area contributed by atoms with Crippen molar-refractivity contribution in [3.63, 3.8) is 0 Å². The first-order chi connectivity index (χ1) is 7.10. The number of hydrogen-bond donors (Lipinski definition) is 1. The van der Waals surface area contributed by atoms with Gasteiger partial charge in [-0.15, -0.1) is 0 Å². The number of thioether (sulfide) groups is 1. The Hall–Kier alpha value is -0.250. The Morgan fingerprint density at radius 3 is 2.60 bits per heavy atom. The Balaban J connectivity index is 2.59. The van der Waals surface area contributed by atoms with E-state index in [0.717, 1.165) is 24.3 Å². The van der Waals surface area contributed by atoms with Crippen molar-refractivity contribution in [2.75, 3.05) is 11.5 Å². The molecular formula is C9H16N2O2S2. The summed E-state index contributed by atoms with van der Waals surface area (Å²) in [5.74, 6) is 1.99. The van der Waals surface area contributed by atoms with Crippen LogP contribution in [0.2, 0.25) is 0 Å². The summed E-state index contributed by atoms with van der Waals surface area (Å²) in [4.78, 5) is 0. The van der Waals surface area contributed by atoms with Gasteiger partial charge in [-0.1, -0.05) is 6.92 Å². The van der Waals surface area contributed by atoms with Crippen molar-refractivity contribution in [1.29, 1.82) is 5.26 Å². The fraction of sp³-hybridized carbons (Fsp3) is 0.889. The minimum absolute atomic E-state index is 0.0265. The normalized spacial score (nSPS) is 20.8. The summed E-state index contributed by atoms with van der Waals surface area (Å²) < 4.78 is 26.1. The first-order valence-electron chi connectivity index (χ1n) is 5.08. The Kier molecular flexibility index (Phi) is 4.90. The molecule has 1 aliphatic heterocycles. The quantitative estimate of drug-likeness (QED) is 0.809. The van der Waals surface area contributed by atoms with E-state index in [1.807, 2.05) is 17.8 Å². The van der Waals surface area contributed by atoms with Crippen LogP contribution in [0, 0.1) is 11.3 Å².